The van der Waals surface area contributed by atoms with Crippen molar-refractivity contribution < 1.29 is 19.0 Å². The third kappa shape index (κ3) is 13.6. The zero-order chi connectivity index (χ0) is 25.1. The van der Waals surface area contributed by atoms with Gasteiger partial charge >= 0.3 is 0 Å². The molecule has 0 heterocycles. The van der Waals surface area contributed by atoms with E-state index in [-0.39, 0.29) is 22.1 Å². The van der Waals surface area contributed by atoms with Gasteiger partial charge in [0.15, 0.2) is 5.75 Å². The molecule has 0 aliphatic rings. The summed E-state index contributed by atoms with van der Waals surface area (Å²) < 4.78 is 17.2. The molecule has 0 atom stereocenters. The van der Waals surface area contributed by atoms with Crippen LogP contribution in [0.3, 0.4) is 0 Å². The average molecular weight is 543 g/mol. The highest BCUT2D eigenvalue weighted by Crippen LogP contribution is 2.37. The van der Waals surface area contributed by atoms with E-state index in [0.717, 1.165) is 25.0 Å². The normalized spacial score (nSPS) is 12.5. The van der Waals surface area contributed by atoms with E-state index in [1.54, 1.807) is 12.1 Å². The van der Waals surface area contributed by atoms with E-state index in [2.05, 4.69) is 25.9 Å². The lowest BCUT2D eigenvalue weighted by atomic mass is 9.90. The van der Waals surface area contributed by atoms with Crippen LogP contribution < -0.4 is 9.47 Å². The Hall–Kier alpha value is -0.850. The highest BCUT2D eigenvalue weighted by atomic mass is 35.5. The summed E-state index contributed by atoms with van der Waals surface area (Å²) in [5.41, 5.74) is 0.441. The van der Waals surface area contributed by atoms with Crippen molar-refractivity contribution in [1.29, 1.82) is 0 Å². The maximum Gasteiger partial charge on any atom is 0.156 e. The smallest absolute Gasteiger partial charge is 0.156 e. The van der Waals surface area contributed by atoms with Crippen LogP contribution in [0.2, 0.25) is 10.0 Å². The highest BCUT2D eigenvalue weighted by molar-refractivity contribution is 6.55. The Bertz CT molecular complexity index is 772. The van der Waals surface area contributed by atoms with Crippen LogP contribution in [-0.4, -0.2) is 37.7 Å². The Balaban J connectivity index is 2.35. The number of rotatable bonds is 13. The molecule has 0 aliphatic carbocycles. The molecule has 5 nitrogen and oxygen atoms in total. The molecule has 33 heavy (non-hydrogen) atoms. The third-order valence-electron chi connectivity index (χ3n) is 4.17. The van der Waals surface area contributed by atoms with Crippen molar-refractivity contribution in [3.63, 3.8) is 0 Å². The lowest BCUT2D eigenvalue weighted by Crippen LogP contribution is -2.28. The van der Waals surface area contributed by atoms with Crippen molar-refractivity contribution in [3.05, 3.63) is 32.7 Å². The first kappa shape index (κ1) is 30.2. The molecule has 0 saturated carbocycles. The van der Waals surface area contributed by atoms with E-state index in [1.807, 2.05) is 20.8 Å². The molecular weight excluding hydrogens is 508 g/mol. The zero-order valence-corrected chi connectivity index (χ0v) is 23.3. The van der Waals surface area contributed by atoms with Crippen LogP contribution in [0.25, 0.3) is 0 Å². The summed E-state index contributed by atoms with van der Waals surface area (Å²) in [5.74, 6) is 0.948. The van der Waals surface area contributed by atoms with Gasteiger partial charge in [-0.05, 0) is 46.1 Å². The second kappa shape index (κ2) is 14.5. The average Bonchev–Trinajstić information content (AvgIpc) is 2.65. The van der Waals surface area contributed by atoms with E-state index in [1.165, 1.54) is 6.08 Å². The monoisotopic (exact) mass is 541 g/mol. The molecule has 0 bridgehead atoms. The van der Waals surface area contributed by atoms with Crippen molar-refractivity contribution >= 4 is 52.1 Å². The number of benzene rings is 1. The summed E-state index contributed by atoms with van der Waals surface area (Å²) in [6.45, 7) is 14.0. The Morgan fingerprint density at radius 3 is 2.06 bits per heavy atom. The zero-order valence-electron chi connectivity index (χ0n) is 20.3. The van der Waals surface area contributed by atoms with Crippen LogP contribution in [0.1, 0.15) is 60.8 Å². The van der Waals surface area contributed by atoms with Crippen molar-refractivity contribution in [1.82, 2.24) is 0 Å². The van der Waals surface area contributed by atoms with Gasteiger partial charge in [0.05, 0.1) is 29.0 Å². The first-order chi connectivity index (χ1) is 15.3. The summed E-state index contributed by atoms with van der Waals surface area (Å²) in [4.78, 5) is 5.57. The number of oxime groups is 1. The number of hydrogen-bond acceptors (Lipinski definition) is 5. The molecule has 1 rings (SSSR count). The van der Waals surface area contributed by atoms with Crippen molar-refractivity contribution in [2.45, 2.75) is 66.4 Å². The third-order valence-corrected chi connectivity index (χ3v) is 5.04. The summed E-state index contributed by atoms with van der Waals surface area (Å²) in [6, 6.07) is 3.29. The van der Waals surface area contributed by atoms with E-state index >= 15 is 0 Å². The minimum absolute atomic E-state index is 0.119. The van der Waals surface area contributed by atoms with E-state index in [9.17, 15) is 0 Å². The van der Waals surface area contributed by atoms with Crippen LogP contribution in [-0.2, 0) is 9.57 Å². The van der Waals surface area contributed by atoms with E-state index < -0.39 is 0 Å². The summed E-state index contributed by atoms with van der Waals surface area (Å²) in [6.07, 6.45) is 4.23. The lowest BCUT2D eigenvalue weighted by molar-refractivity contribution is -0.00225. The molecule has 1 aromatic rings. The number of ether oxygens (including phenoxy) is 3. The minimum Gasteiger partial charge on any atom is -0.490 e. The van der Waals surface area contributed by atoms with Gasteiger partial charge < -0.3 is 19.0 Å². The molecule has 0 radical (unpaired) electrons. The Morgan fingerprint density at radius 2 is 1.52 bits per heavy atom. The summed E-state index contributed by atoms with van der Waals surface area (Å²) >= 11 is 23.7. The van der Waals surface area contributed by atoms with Crippen LogP contribution >= 0.6 is 46.4 Å². The molecule has 9 heteroatoms. The second-order valence-corrected chi connectivity index (χ2v) is 11.3. The summed E-state index contributed by atoms with van der Waals surface area (Å²) in [5, 5.41) is 5.08. The van der Waals surface area contributed by atoms with Crippen LogP contribution in [0, 0.1) is 5.41 Å². The van der Waals surface area contributed by atoms with Gasteiger partial charge in [0.1, 0.15) is 22.4 Å². The number of halogens is 4. The van der Waals surface area contributed by atoms with Gasteiger partial charge in [0.2, 0.25) is 0 Å². The fourth-order valence-electron chi connectivity index (χ4n) is 2.36. The molecule has 0 fully saturated rings. The predicted octanol–water partition coefficient (Wildman–Crippen LogP) is 8.47. The van der Waals surface area contributed by atoms with Gasteiger partial charge in [-0.25, -0.2) is 0 Å². The van der Waals surface area contributed by atoms with Gasteiger partial charge in [-0.2, -0.15) is 0 Å². The van der Waals surface area contributed by atoms with Gasteiger partial charge in [-0.1, -0.05) is 72.3 Å². The van der Waals surface area contributed by atoms with Crippen molar-refractivity contribution in [2.24, 2.45) is 10.6 Å². The minimum atomic E-state index is -0.328. The van der Waals surface area contributed by atoms with Crippen molar-refractivity contribution in [3.8, 4) is 11.5 Å². The molecule has 0 unspecified atom stereocenters. The molecule has 1 aromatic carbocycles. The lowest BCUT2D eigenvalue weighted by Gasteiger charge is -2.23. The maximum atomic E-state index is 6.28. The molecule has 0 spiro atoms. The van der Waals surface area contributed by atoms with Crippen LogP contribution in [0.4, 0.5) is 0 Å². The fourth-order valence-corrected chi connectivity index (χ4v) is 3.06. The highest BCUT2D eigenvalue weighted by Gasteiger charge is 2.21. The Morgan fingerprint density at radius 1 is 0.909 bits per heavy atom. The first-order valence-corrected chi connectivity index (χ1v) is 12.4. The molecule has 0 N–H and O–H groups in total. The molecule has 188 valence electrons. The number of hydrogen-bond donors (Lipinski definition) is 0. The predicted molar refractivity (Wildman–Crippen MR) is 140 cm³/mol. The largest absolute Gasteiger partial charge is 0.490 e. The van der Waals surface area contributed by atoms with E-state index in [4.69, 9.17) is 65.5 Å². The maximum absolute atomic E-state index is 6.28. The number of unbranched alkanes of at least 4 members (excludes halogenated alkanes) is 2. The summed E-state index contributed by atoms with van der Waals surface area (Å²) in [7, 11) is 0. The fraction of sp³-hybridized carbons (Fsp3) is 0.625. The van der Waals surface area contributed by atoms with Gasteiger partial charge in [-0.15, -0.1) is 0 Å². The van der Waals surface area contributed by atoms with Crippen LogP contribution in [0.5, 0.6) is 11.5 Å². The molecule has 0 amide bonds. The van der Waals surface area contributed by atoms with E-state index in [0.29, 0.717) is 41.4 Å². The standard InChI is InChI=1S/C24H35Cl4NO4/c1-23(2,3)20(29-33-24(4,5)6)16-30-11-8-7-9-12-32-22-18(25)14-17(15-19(22)26)31-13-10-21(27)28/h10,14-15H,7-9,11-13,16H2,1-6H3/b29-20-. The molecule has 0 aromatic heterocycles. The van der Waals surface area contributed by atoms with Gasteiger partial charge in [0, 0.05) is 24.2 Å². The van der Waals surface area contributed by atoms with Gasteiger partial charge in [0.25, 0.3) is 0 Å². The Kier molecular flexibility index (Phi) is 13.3. The SMILES string of the molecule is CC(C)(C)O/N=C(/COCCCCCOc1c(Cl)cc(OCC=C(Cl)Cl)cc1Cl)C(C)(C)C. The number of nitrogens with zero attached hydrogens (tertiary/aromatic N) is 1. The molecule has 0 saturated heterocycles. The topological polar surface area (TPSA) is 49.3 Å². The molecular formula is C24H35Cl4NO4. The Labute approximate surface area is 218 Å². The first-order valence-electron chi connectivity index (χ1n) is 10.9. The quantitative estimate of drug-likeness (QED) is 0.142. The van der Waals surface area contributed by atoms with Crippen LogP contribution in [0.15, 0.2) is 27.9 Å². The van der Waals surface area contributed by atoms with Gasteiger partial charge in [-0.3, -0.25) is 0 Å². The molecule has 0 aliphatic heterocycles. The second-order valence-electron chi connectivity index (χ2n) is 9.47. The van der Waals surface area contributed by atoms with Crippen molar-refractivity contribution in [2.75, 3.05) is 26.4 Å².